The number of hydrogen-bond donors (Lipinski definition) is 3. The standard InChI is InChI=1S/C24H27ClN8O2/c1-3-20(34)33-9-4-5-16(12-33)31-24-21(23(27)29-14-30-24)22(26)15-6-7-18(17(25)11-15)35-13-19-28-8-10-32(19)2/h3,6-8,10-11,14,16,26H,1,4-5,9,12-13H2,2H3,(H3,27,29,30,31)/t16-/m1/s1. The molecule has 35 heavy (non-hydrogen) atoms. The van der Waals surface area contributed by atoms with Crippen molar-refractivity contribution in [3.63, 3.8) is 0 Å². The molecular weight excluding hydrogens is 468 g/mol. The minimum atomic E-state index is -0.105. The summed E-state index contributed by atoms with van der Waals surface area (Å²) < 4.78 is 7.67. The maximum Gasteiger partial charge on any atom is 0.246 e. The number of likely N-dealkylation sites (tertiary alicyclic amines) is 1. The molecule has 3 aromatic rings. The summed E-state index contributed by atoms with van der Waals surface area (Å²) in [5.41, 5.74) is 7.20. The van der Waals surface area contributed by atoms with Gasteiger partial charge in [-0.15, -0.1) is 0 Å². The lowest BCUT2D eigenvalue weighted by molar-refractivity contribution is -0.127. The van der Waals surface area contributed by atoms with Gasteiger partial charge in [-0.2, -0.15) is 0 Å². The number of ether oxygens (including phenoxy) is 1. The normalized spacial score (nSPS) is 15.5. The van der Waals surface area contributed by atoms with Gasteiger partial charge in [0.15, 0.2) is 0 Å². The Hall–Kier alpha value is -3.92. The minimum absolute atomic E-state index is 0.0426. The van der Waals surface area contributed by atoms with Crippen LogP contribution in [-0.4, -0.2) is 55.2 Å². The molecule has 0 bridgehead atoms. The van der Waals surface area contributed by atoms with Gasteiger partial charge >= 0.3 is 0 Å². The van der Waals surface area contributed by atoms with E-state index in [1.54, 1.807) is 29.3 Å². The maximum atomic E-state index is 12.0. The zero-order valence-corrected chi connectivity index (χ0v) is 20.1. The zero-order chi connectivity index (χ0) is 24.9. The number of nitrogens with two attached hydrogens (primary N) is 1. The second-order valence-electron chi connectivity index (χ2n) is 8.22. The van der Waals surface area contributed by atoms with E-state index in [1.165, 1.54) is 12.4 Å². The molecular formula is C24H27ClN8O2. The average Bonchev–Trinajstić information content (AvgIpc) is 3.27. The summed E-state index contributed by atoms with van der Waals surface area (Å²) >= 11 is 6.46. The number of nitrogens with zero attached hydrogens (tertiary/aromatic N) is 5. The highest BCUT2D eigenvalue weighted by molar-refractivity contribution is 6.32. The van der Waals surface area contributed by atoms with E-state index >= 15 is 0 Å². The molecule has 1 saturated heterocycles. The summed E-state index contributed by atoms with van der Waals surface area (Å²) in [5, 5.41) is 12.5. The summed E-state index contributed by atoms with van der Waals surface area (Å²) in [5.74, 6) is 1.75. The molecule has 0 radical (unpaired) electrons. The second-order valence-corrected chi connectivity index (χ2v) is 8.62. The van der Waals surface area contributed by atoms with Crippen molar-refractivity contribution in [2.24, 2.45) is 7.05 Å². The number of piperidine rings is 1. The van der Waals surface area contributed by atoms with Gasteiger partial charge in [-0.05, 0) is 37.1 Å². The van der Waals surface area contributed by atoms with Crippen molar-refractivity contribution in [1.29, 1.82) is 5.41 Å². The van der Waals surface area contributed by atoms with Gasteiger partial charge in [0.05, 0.1) is 16.3 Å². The van der Waals surface area contributed by atoms with Crippen LogP contribution in [0.15, 0.2) is 49.6 Å². The first kappa shape index (κ1) is 24.2. The number of imidazole rings is 1. The topological polar surface area (TPSA) is 135 Å². The third-order valence-corrected chi connectivity index (χ3v) is 6.17. The van der Waals surface area contributed by atoms with Gasteiger partial charge in [-0.3, -0.25) is 10.2 Å². The van der Waals surface area contributed by atoms with Crippen molar-refractivity contribution in [3.8, 4) is 5.75 Å². The third-order valence-electron chi connectivity index (χ3n) is 5.87. The number of nitrogens with one attached hydrogen (secondary N) is 2. The molecule has 0 saturated carbocycles. The van der Waals surface area contributed by atoms with Gasteiger partial charge in [-0.1, -0.05) is 18.2 Å². The van der Waals surface area contributed by atoms with Gasteiger partial charge < -0.3 is 25.3 Å². The molecule has 0 spiro atoms. The first-order valence-electron chi connectivity index (χ1n) is 11.1. The van der Waals surface area contributed by atoms with E-state index in [9.17, 15) is 4.79 Å². The number of carbonyl (C=O) groups excluding carboxylic acids is 1. The number of anilines is 2. The number of rotatable bonds is 8. The van der Waals surface area contributed by atoms with Gasteiger partial charge in [0.25, 0.3) is 0 Å². The zero-order valence-electron chi connectivity index (χ0n) is 19.4. The molecule has 3 heterocycles. The summed E-state index contributed by atoms with van der Waals surface area (Å²) in [6.45, 7) is 5.03. The quantitative estimate of drug-likeness (QED) is 0.323. The molecule has 1 aliphatic heterocycles. The van der Waals surface area contributed by atoms with Crippen LogP contribution in [0.4, 0.5) is 11.6 Å². The van der Waals surface area contributed by atoms with Crippen LogP contribution in [0.25, 0.3) is 0 Å². The lowest BCUT2D eigenvalue weighted by atomic mass is 10.0. The smallest absolute Gasteiger partial charge is 0.246 e. The highest BCUT2D eigenvalue weighted by atomic mass is 35.5. The van der Waals surface area contributed by atoms with Crippen LogP contribution in [0.1, 0.15) is 29.8 Å². The Bertz CT molecular complexity index is 1260. The lowest BCUT2D eigenvalue weighted by Gasteiger charge is -2.33. The number of hydrogen-bond acceptors (Lipinski definition) is 8. The van der Waals surface area contributed by atoms with E-state index < -0.39 is 0 Å². The largest absolute Gasteiger partial charge is 0.484 e. The molecule has 11 heteroatoms. The molecule has 1 atom stereocenters. The number of aromatic nitrogens is 4. The molecule has 1 aliphatic rings. The monoisotopic (exact) mass is 494 g/mol. The lowest BCUT2D eigenvalue weighted by Crippen LogP contribution is -2.44. The Balaban J connectivity index is 1.52. The second kappa shape index (κ2) is 10.6. The summed E-state index contributed by atoms with van der Waals surface area (Å²) in [7, 11) is 1.89. The van der Waals surface area contributed by atoms with Crippen LogP contribution < -0.4 is 15.8 Å². The van der Waals surface area contributed by atoms with Crippen molar-refractivity contribution >= 4 is 34.9 Å². The Morgan fingerprint density at radius 2 is 2.23 bits per heavy atom. The third kappa shape index (κ3) is 5.43. The SMILES string of the molecule is C=CC(=O)N1CCC[C@@H](Nc2ncnc(N)c2C(=N)c2ccc(OCc3nccn3C)c(Cl)c2)C1. The number of benzene rings is 1. The van der Waals surface area contributed by atoms with Crippen molar-refractivity contribution < 1.29 is 9.53 Å². The predicted octanol–water partition coefficient (Wildman–Crippen LogP) is 3.03. The van der Waals surface area contributed by atoms with E-state index in [0.29, 0.717) is 40.8 Å². The van der Waals surface area contributed by atoms with Crippen LogP contribution >= 0.6 is 11.6 Å². The molecule has 1 fully saturated rings. The van der Waals surface area contributed by atoms with E-state index in [4.69, 9.17) is 27.5 Å². The summed E-state index contributed by atoms with van der Waals surface area (Å²) in [4.78, 5) is 26.4. The highest BCUT2D eigenvalue weighted by Crippen LogP contribution is 2.30. The molecule has 2 aromatic heterocycles. The van der Waals surface area contributed by atoms with Gasteiger partial charge in [-0.25, -0.2) is 15.0 Å². The van der Waals surface area contributed by atoms with Crippen molar-refractivity contribution in [3.05, 3.63) is 71.5 Å². The van der Waals surface area contributed by atoms with E-state index in [1.807, 2.05) is 17.8 Å². The maximum absolute atomic E-state index is 12.0. The fourth-order valence-electron chi connectivity index (χ4n) is 3.97. The number of halogens is 1. The van der Waals surface area contributed by atoms with Crippen LogP contribution in [0.3, 0.4) is 0 Å². The average molecular weight is 495 g/mol. The van der Waals surface area contributed by atoms with Crippen LogP contribution in [0, 0.1) is 5.41 Å². The molecule has 0 aliphatic carbocycles. The highest BCUT2D eigenvalue weighted by Gasteiger charge is 2.25. The molecule has 1 aromatic carbocycles. The van der Waals surface area contributed by atoms with Crippen molar-refractivity contribution in [2.45, 2.75) is 25.5 Å². The Morgan fingerprint density at radius 1 is 1.40 bits per heavy atom. The van der Waals surface area contributed by atoms with Gasteiger partial charge in [0.1, 0.15) is 36.1 Å². The molecule has 1 amide bonds. The summed E-state index contributed by atoms with van der Waals surface area (Å²) in [6, 6.07) is 5.06. The van der Waals surface area contributed by atoms with Crippen LogP contribution in [-0.2, 0) is 18.4 Å². The molecule has 4 rings (SSSR count). The number of carbonyl (C=O) groups is 1. The predicted molar refractivity (Wildman–Crippen MR) is 135 cm³/mol. The van der Waals surface area contributed by atoms with E-state index in [2.05, 4.69) is 26.8 Å². The summed E-state index contributed by atoms with van der Waals surface area (Å²) in [6.07, 6.45) is 7.91. The fraction of sp³-hybridized carbons (Fsp3) is 0.292. The Labute approximate surface area is 208 Å². The molecule has 182 valence electrons. The first-order chi connectivity index (χ1) is 16.9. The van der Waals surface area contributed by atoms with E-state index in [-0.39, 0.29) is 30.1 Å². The Kier molecular flexibility index (Phi) is 7.31. The first-order valence-corrected chi connectivity index (χ1v) is 11.5. The van der Waals surface area contributed by atoms with Gasteiger partial charge in [0.2, 0.25) is 5.91 Å². The van der Waals surface area contributed by atoms with E-state index in [0.717, 1.165) is 18.7 Å². The fourth-order valence-corrected chi connectivity index (χ4v) is 4.20. The Morgan fingerprint density at radius 3 is 2.94 bits per heavy atom. The van der Waals surface area contributed by atoms with Crippen LogP contribution in [0.2, 0.25) is 5.02 Å². The number of aryl methyl sites for hydroxylation is 1. The van der Waals surface area contributed by atoms with Gasteiger partial charge in [0, 0.05) is 44.1 Å². The minimum Gasteiger partial charge on any atom is -0.484 e. The van der Waals surface area contributed by atoms with Crippen molar-refractivity contribution in [2.75, 3.05) is 24.1 Å². The van der Waals surface area contributed by atoms with Crippen molar-refractivity contribution in [1.82, 2.24) is 24.4 Å². The van der Waals surface area contributed by atoms with Crippen LogP contribution in [0.5, 0.6) is 5.75 Å². The molecule has 0 unspecified atom stereocenters. The molecule has 4 N–H and O–H groups in total. The number of amides is 1. The number of nitrogen functional groups attached to an aromatic ring is 1. The molecule has 10 nitrogen and oxygen atoms in total.